The summed E-state index contributed by atoms with van der Waals surface area (Å²) in [4.78, 5) is 4.00. The lowest BCUT2D eigenvalue weighted by molar-refractivity contribution is 0.728. The minimum Gasteiger partial charge on any atom is -0.396 e. The van der Waals surface area contributed by atoms with Gasteiger partial charge in [0.05, 0.1) is 12.9 Å². The molecule has 0 aromatic heterocycles. The van der Waals surface area contributed by atoms with E-state index >= 15 is 0 Å². The van der Waals surface area contributed by atoms with Crippen LogP contribution in [-0.4, -0.2) is 34.4 Å². The van der Waals surface area contributed by atoms with Gasteiger partial charge in [-0.1, -0.05) is 0 Å². The molecule has 3 heteroatoms. The standard InChI is InChI=1S/C3H8N2Si/c6-5-2-1-4-3-5/h3H,1-2H2,6H3. The van der Waals surface area contributed by atoms with Crippen LogP contribution in [-0.2, 0) is 0 Å². The number of hydrogen-bond donors (Lipinski definition) is 0. The topological polar surface area (TPSA) is 15.6 Å². The molecule has 0 amide bonds. The smallest absolute Gasteiger partial charge is 0.109 e. The van der Waals surface area contributed by atoms with E-state index < -0.39 is 0 Å². The van der Waals surface area contributed by atoms with Gasteiger partial charge in [-0.15, -0.1) is 0 Å². The third-order valence-corrected chi connectivity index (χ3v) is 1.54. The molecule has 0 atom stereocenters. The molecule has 1 aliphatic rings. The predicted octanol–water partition coefficient (Wildman–Crippen LogP) is -1.39. The highest BCUT2D eigenvalue weighted by Gasteiger charge is 1.93. The Hall–Kier alpha value is -0.313. The molecule has 2 nitrogen and oxygen atoms in total. The lowest BCUT2D eigenvalue weighted by Crippen LogP contribution is -2.13. The molecule has 6 heavy (non-hydrogen) atoms. The molecule has 0 aliphatic carbocycles. The number of hydrogen-bond acceptors (Lipinski definition) is 2. The van der Waals surface area contributed by atoms with Crippen molar-refractivity contribution in [3.8, 4) is 0 Å². The highest BCUT2D eigenvalue weighted by Crippen LogP contribution is 1.83. The molecule has 1 rings (SSSR count). The van der Waals surface area contributed by atoms with Crippen molar-refractivity contribution >= 4 is 16.7 Å². The van der Waals surface area contributed by atoms with Gasteiger partial charge in [0.1, 0.15) is 10.4 Å². The fraction of sp³-hybridized carbons (Fsp3) is 0.667. The van der Waals surface area contributed by atoms with E-state index in [1.807, 2.05) is 6.34 Å². The molecule has 0 radical (unpaired) electrons. The van der Waals surface area contributed by atoms with Gasteiger partial charge in [-0.3, -0.25) is 4.99 Å². The molecule has 0 N–H and O–H groups in total. The van der Waals surface area contributed by atoms with E-state index in [2.05, 4.69) is 9.56 Å². The van der Waals surface area contributed by atoms with Crippen LogP contribution in [0.4, 0.5) is 0 Å². The Bertz CT molecular complexity index is 71.2. The zero-order valence-electron chi connectivity index (χ0n) is 3.89. The molecule has 1 heterocycles. The highest BCUT2D eigenvalue weighted by molar-refractivity contribution is 6.11. The van der Waals surface area contributed by atoms with Crippen LogP contribution in [0.2, 0.25) is 0 Å². The number of nitrogens with zero attached hydrogens (tertiary/aromatic N) is 2. The van der Waals surface area contributed by atoms with Gasteiger partial charge >= 0.3 is 0 Å². The van der Waals surface area contributed by atoms with E-state index in [1.54, 1.807) is 0 Å². The third kappa shape index (κ3) is 0.595. The summed E-state index contributed by atoms with van der Waals surface area (Å²) >= 11 is 0. The van der Waals surface area contributed by atoms with Crippen LogP contribution in [0, 0.1) is 0 Å². The van der Waals surface area contributed by atoms with Crippen LogP contribution in [0.15, 0.2) is 4.99 Å². The minimum absolute atomic E-state index is 1.02. The summed E-state index contributed by atoms with van der Waals surface area (Å²) in [6.07, 6.45) is 1.92. The minimum atomic E-state index is 1.02. The van der Waals surface area contributed by atoms with Crippen LogP contribution in [0.5, 0.6) is 0 Å². The maximum Gasteiger partial charge on any atom is 0.109 e. The summed E-state index contributed by atoms with van der Waals surface area (Å²) in [7, 11) is 1.14. The van der Waals surface area contributed by atoms with E-state index in [4.69, 9.17) is 0 Å². The first kappa shape index (κ1) is 3.86. The number of aliphatic imine (C=N–C) groups is 1. The first-order chi connectivity index (χ1) is 2.89. The third-order valence-electron chi connectivity index (χ3n) is 0.861. The Morgan fingerprint density at radius 1 is 1.83 bits per heavy atom. The van der Waals surface area contributed by atoms with Crippen LogP contribution >= 0.6 is 0 Å². The zero-order chi connectivity index (χ0) is 4.41. The van der Waals surface area contributed by atoms with Gasteiger partial charge in [-0.2, -0.15) is 0 Å². The summed E-state index contributed by atoms with van der Waals surface area (Å²) in [5.74, 6) is 0. The van der Waals surface area contributed by atoms with Crippen molar-refractivity contribution in [3.05, 3.63) is 0 Å². The molecule has 0 aromatic carbocycles. The molecule has 0 fully saturated rings. The van der Waals surface area contributed by atoms with Gasteiger partial charge in [0.25, 0.3) is 0 Å². The summed E-state index contributed by atoms with van der Waals surface area (Å²) in [6.45, 7) is 2.18. The maximum atomic E-state index is 4.00. The Labute approximate surface area is 40.4 Å². The largest absolute Gasteiger partial charge is 0.396 e. The van der Waals surface area contributed by atoms with Crippen LogP contribution in [0.25, 0.3) is 0 Å². The van der Waals surface area contributed by atoms with E-state index in [9.17, 15) is 0 Å². The molecule has 0 aromatic rings. The van der Waals surface area contributed by atoms with Gasteiger partial charge in [0.15, 0.2) is 0 Å². The SMILES string of the molecule is [SiH3]N1C=NCC1. The van der Waals surface area contributed by atoms with Crippen LogP contribution < -0.4 is 0 Å². The maximum absolute atomic E-state index is 4.00. The van der Waals surface area contributed by atoms with Crippen molar-refractivity contribution in [2.75, 3.05) is 13.1 Å². The normalized spacial score (nSPS) is 20.3. The summed E-state index contributed by atoms with van der Waals surface area (Å²) in [5.41, 5.74) is 0. The molecular weight excluding hydrogens is 92.1 g/mol. The lowest BCUT2D eigenvalue weighted by atomic mass is 10.7. The molecule has 0 saturated heterocycles. The van der Waals surface area contributed by atoms with Crippen molar-refractivity contribution in [1.82, 2.24) is 4.57 Å². The molecule has 0 saturated carbocycles. The first-order valence-corrected chi connectivity index (χ1v) is 2.99. The van der Waals surface area contributed by atoms with E-state index in [1.165, 1.54) is 0 Å². The Morgan fingerprint density at radius 3 is 2.83 bits per heavy atom. The highest BCUT2D eigenvalue weighted by atomic mass is 28.2. The van der Waals surface area contributed by atoms with Crippen molar-refractivity contribution < 1.29 is 0 Å². The zero-order valence-corrected chi connectivity index (χ0v) is 5.89. The fourth-order valence-electron chi connectivity index (χ4n) is 0.470. The molecule has 0 unspecified atom stereocenters. The van der Waals surface area contributed by atoms with Gasteiger partial charge < -0.3 is 4.57 Å². The van der Waals surface area contributed by atoms with Gasteiger partial charge in [0.2, 0.25) is 0 Å². The molecule has 0 bridgehead atoms. The van der Waals surface area contributed by atoms with Crippen LogP contribution in [0.1, 0.15) is 0 Å². The van der Waals surface area contributed by atoms with Crippen molar-refractivity contribution in [2.45, 2.75) is 0 Å². The van der Waals surface area contributed by atoms with E-state index in [0.29, 0.717) is 0 Å². The Balaban J connectivity index is 2.38. The average molecular weight is 100 g/mol. The van der Waals surface area contributed by atoms with Gasteiger partial charge in [-0.25, -0.2) is 0 Å². The van der Waals surface area contributed by atoms with E-state index in [0.717, 1.165) is 23.5 Å². The molecule has 34 valence electrons. The van der Waals surface area contributed by atoms with Crippen molar-refractivity contribution in [3.63, 3.8) is 0 Å². The average Bonchev–Trinajstić information content (AvgIpc) is 1.86. The van der Waals surface area contributed by atoms with Crippen LogP contribution in [0.3, 0.4) is 0 Å². The fourth-order valence-corrected chi connectivity index (χ4v) is 0.834. The summed E-state index contributed by atoms with van der Waals surface area (Å²) < 4.78 is 2.21. The first-order valence-electron chi connectivity index (χ1n) is 2.10. The predicted molar refractivity (Wildman–Crippen MR) is 30.0 cm³/mol. The monoisotopic (exact) mass is 100 g/mol. The van der Waals surface area contributed by atoms with E-state index in [-0.39, 0.29) is 0 Å². The quantitative estimate of drug-likeness (QED) is 0.342. The molecule has 1 aliphatic heterocycles. The lowest BCUT2D eigenvalue weighted by Gasteiger charge is -2.00. The second-order valence-electron chi connectivity index (χ2n) is 1.50. The van der Waals surface area contributed by atoms with Crippen molar-refractivity contribution in [2.24, 2.45) is 4.99 Å². The second kappa shape index (κ2) is 1.42. The second-order valence-corrected chi connectivity index (χ2v) is 2.65. The summed E-state index contributed by atoms with van der Waals surface area (Å²) in [5, 5.41) is 0. The van der Waals surface area contributed by atoms with Gasteiger partial charge in [-0.05, 0) is 0 Å². The number of rotatable bonds is 0. The molecule has 0 spiro atoms. The Kier molecular flexibility index (Phi) is 0.917. The Morgan fingerprint density at radius 2 is 2.67 bits per heavy atom. The summed E-state index contributed by atoms with van der Waals surface area (Å²) in [6, 6.07) is 0. The van der Waals surface area contributed by atoms with Gasteiger partial charge in [0, 0.05) is 6.54 Å². The molecular formula is C3H8N2Si. The van der Waals surface area contributed by atoms with Crippen molar-refractivity contribution in [1.29, 1.82) is 0 Å².